The molecular weight excluding hydrogens is 230 g/mol. The fourth-order valence-corrected chi connectivity index (χ4v) is 1.91. The number of ether oxygens (including phenoxy) is 1. The van der Waals surface area contributed by atoms with Crippen molar-refractivity contribution in [3.8, 4) is 0 Å². The number of carbonyl (C=O) groups excluding carboxylic acids is 1. The largest absolute Gasteiger partial charge is 0.399 e. The standard InChI is InChI=1S/C13H19N3O2/c14-12-3-1-2-11(10-12)4-5-13(17)15-16-6-8-18-9-7-16/h1-3,10H,4-9,14H2,(H,15,17). The molecule has 1 amide bonds. The molecule has 3 N–H and O–H groups in total. The van der Waals surface area contributed by atoms with Crippen LogP contribution in [0.25, 0.3) is 0 Å². The van der Waals surface area contributed by atoms with Crippen LogP contribution in [0.15, 0.2) is 24.3 Å². The van der Waals surface area contributed by atoms with Gasteiger partial charge < -0.3 is 10.5 Å². The van der Waals surface area contributed by atoms with Crippen LogP contribution in [0.2, 0.25) is 0 Å². The Morgan fingerprint density at radius 1 is 1.39 bits per heavy atom. The van der Waals surface area contributed by atoms with Crippen molar-refractivity contribution in [1.29, 1.82) is 0 Å². The van der Waals surface area contributed by atoms with Crippen molar-refractivity contribution < 1.29 is 9.53 Å². The molecule has 1 aromatic rings. The fourth-order valence-electron chi connectivity index (χ4n) is 1.91. The molecule has 18 heavy (non-hydrogen) atoms. The van der Waals surface area contributed by atoms with Crippen molar-refractivity contribution in [2.75, 3.05) is 32.0 Å². The highest BCUT2D eigenvalue weighted by Crippen LogP contribution is 2.08. The van der Waals surface area contributed by atoms with Crippen molar-refractivity contribution in [3.05, 3.63) is 29.8 Å². The smallest absolute Gasteiger partial charge is 0.234 e. The first-order valence-electron chi connectivity index (χ1n) is 6.20. The van der Waals surface area contributed by atoms with E-state index in [0.717, 1.165) is 24.3 Å². The van der Waals surface area contributed by atoms with Crippen LogP contribution in [0, 0.1) is 0 Å². The second kappa shape index (κ2) is 6.37. The molecule has 98 valence electrons. The first kappa shape index (κ1) is 12.9. The van der Waals surface area contributed by atoms with Gasteiger partial charge in [-0.05, 0) is 24.1 Å². The highest BCUT2D eigenvalue weighted by atomic mass is 16.5. The first-order chi connectivity index (χ1) is 8.74. The monoisotopic (exact) mass is 249 g/mol. The van der Waals surface area contributed by atoms with Gasteiger partial charge in [0, 0.05) is 25.2 Å². The fraction of sp³-hybridized carbons (Fsp3) is 0.462. The summed E-state index contributed by atoms with van der Waals surface area (Å²) in [6.07, 6.45) is 1.18. The molecule has 1 heterocycles. The second-order valence-electron chi connectivity index (χ2n) is 4.38. The zero-order valence-electron chi connectivity index (χ0n) is 10.4. The van der Waals surface area contributed by atoms with Crippen molar-refractivity contribution in [3.63, 3.8) is 0 Å². The number of nitrogens with zero attached hydrogens (tertiary/aromatic N) is 1. The van der Waals surface area contributed by atoms with E-state index in [2.05, 4.69) is 5.43 Å². The highest BCUT2D eigenvalue weighted by Gasteiger charge is 2.12. The van der Waals surface area contributed by atoms with Crippen LogP contribution < -0.4 is 11.2 Å². The number of benzene rings is 1. The van der Waals surface area contributed by atoms with Crippen LogP contribution in [0.1, 0.15) is 12.0 Å². The van der Waals surface area contributed by atoms with Gasteiger partial charge in [-0.15, -0.1) is 0 Å². The number of anilines is 1. The van der Waals surface area contributed by atoms with E-state index >= 15 is 0 Å². The lowest BCUT2D eigenvalue weighted by atomic mass is 10.1. The zero-order chi connectivity index (χ0) is 12.8. The molecule has 0 unspecified atom stereocenters. The molecule has 1 saturated heterocycles. The van der Waals surface area contributed by atoms with Crippen LogP contribution in [0.4, 0.5) is 5.69 Å². The zero-order valence-corrected chi connectivity index (χ0v) is 10.4. The van der Waals surface area contributed by atoms with Gasteiger partial charge in [0.2, 0.25) is 5.91 Å². The maximum Gasteiger partial charge on any atom is 0.234 e. The van der Waals surface area contributed by atoms with E-state index in [1.54, 1.807) is 0 Å². The van der Waals surface area contributed by atoms with Crippen molar-refractivity contribution in [1.82, 2.24) is 10.4 Å². The number of aryl methyl sites for hydroxylation is 1. The van der Waals surface area contributed by atoms with Gasteiger partial charge in [-0.2, -0.15) is 0 Å². The molecular formula is C13H19N3O2. The average molecular weight is 249 g/mol. The third-order valence-corrected chi connectivity index (χ3v) is 2.89. The third-order valence-electron chi connectivity index (χ3n) is 2.89. The minimum absolute atomic E-state index is 0.0410. The average Bonchev–Trinajstić information content (AvgIpc) is 2.38. The van der Waals surface area contributed by atoms with Crippen LogP contribution in [-0.4, -0.2) is 37.2 Å². The van der Waals surface area contributed by atoms with Crippen molar-refractivity contribution >= 4 is 11.6 Å². The molecule has 1 aliphatic heterocycles. The van der Waals surface area contributed by atoms with Gasteiger partial charge in [0.05, 0.1) is 13.2 Å². The molecule has 1 fully saturated rings. The van der Waals surface area contributed by atoms with E-state index in [9.17, 15) is 4.79 Å². The molecule has 0 atom stereocenters. The Hall–Kier alpha value is -1.59. The summed E-state index contributed by atoms with van der Waals surface area (Å²) in [5, 5.41) is 1.91. The van der Waals surface area contributed by atoms with Gasteiger partial charge in [0.1, 0.15) is 0 Å². The second-order valence-corrected chi connectivity index (χ2v) is 4.38. The van der Waals surface area contributed by atoms with Gasteiger partial charge in [0.15, 0.2) is 0 Å². The molecule has 0 bridgehead atoms. The Morgan fingerprint density at radius 3 is 2.89 bits per heavy atom. The maximum absolute atomic E-state index is 11.7. The van der Waals surface area contributed by atoms with E-state index in [4.69, 9.17) is 10.5 Å². The third kappa shape index (κ3) is 4.01. The lowest BCUT2D eigenvalue weighted by Gasteiger charge is -2.26. The quantitative estimate of drug-likeness (QED) is 0.765. The number of amides is 1. The maximum atomic E-state index is 11.7. The predicted octanol–water partition coefficient (Wildman–Crippen LogP) is 0.565. The molecule has 0 aliphatic carbocycles. The van der Waals surface area contributed by atoms with Crippen LogP contribution in [0.5, 0.6) is 0 Å². The number of carbonyl (C=O) groups is 1. The summed E-state index contributed by atoms with van der Waals surface area (Å²) in [5.41, 5.74) is 10.4. The van der Waals surface area contributed by atoms with Gasteiger partial charge >= 0.3 is 0 Å². The number of hydrazine groups is 1. The summed E-state index contributed by atoms with van der Waals surface area (Å²) in [5.74, 6) is 0.0410. The van der Waals surface area contributed by atoms with E-state index in [1.807, 2.05) is 29.3 Å². The minimum Gasteiger partial charge on any atom is -0.399 e. The number of nitrogens with one attached hydrogen (secondary N) is 1. The Bertz CT molecular complexity index is 403. The topological polar surface area (TPSA) is 67.6 Å². The molecule has 0 aromatic heterocycles. The van der Waals surface area contributed by atoms with Crippen LogP contribution in [-0.2, 0) is 16.0 Å². The Labute approximate surface area is 107 Å². The molecule has 0 spiro atoms. The number of morpholine rings is 1. The lowest BCUT2D eigenvalue weighted by Crippen LogP contribution is -2.48. The van der Waals surface area contributed by atoms with E-state index in [0.29, 0.717) is 26.1 Å². The number of rotatable bonds is 4. The summed E-state index contributed by atoms with van der Waals surface area (Å²) < 4.78 is 5.22. The summed E-state index contributed by atoms with van der Waals surface area (Å²) in [6, 6.07) is 7.64. The summed E-state index contributed by atoms with van der Waals surface area (Å²) in [7, 11) is 0. The van der Waals surface area contributed by atoms with E-state index in [-0.39, 0.29) is 5.91 Å². The Balaban J connectivity index is 1.74. The van der Waals surface area contributed by atoms with Gasteiger partial charge in [-0.3, -0.25) is 10.2 Å². The molecule has 0 radical (unpaired) electrons. The molecule has 5 nitrogen and oxygen atoms in total. The molecule has 0 saturated carbocycles. The summed E-state index contributed by atoms with van der Waals surface area (Å²) in [6.45, 7) is 2.86. The Morgan fingerprint density at radius 2 is 2.17 bits per heavy atom. The van der Waals surface area contributed by atoms with Crippen LogP contribution in [0.3, 0.4) is 0 Å². The number of nitrogen functional groups attached to an aromatic ring is 1. The van der Waals surface area contributed by atoms with Crippen molar-refractivity contribution in [2.24, 2.45) is 0 Å². The normalized spacial score (nSPS) is 16.4. The van der Waals surface area contributed by atoms with Crippen LogP contribution >= 0.6 is 0 Å². The number of hydrogen-bond acceptors (Lipinski definition) is 4. The number of hydrogen-bond donors (Lipinski definition) is 2. The molecule has 1 aromatic carbocycles. The lowest BCUT2D eigenvalue weighted by molar-refractivity contribution is -0.127. The van der Waals surface area contributed by atoms with Gasteiger partial charge in [-0.25, -0.2) is 5.01 Å². The number of nitrogens with two attached hydrogens (primary N) is 1. The predicted molar refractivity (Wildman–Crippen MR) is 69.7 cm³/mol. The molecule has 1 aliphatic rings. The van der Waals surface area contributed by atoms with Gasteiger partial charge in [-0.1, -0.05) is 12.1 Å². The minimum atomic E-state index is 0.0410. The highest BCUT2D eigenvalue weighted by molar-refractivity contribution is 5.75. The summed E-state index contributed by atoms with van der Waals surface area (Å²) in [4.78, 5) is 11.7. The van der Waals surface area contributed by atoms with E-state index in [1.165, 1.54) is 0 Å². The van der Waals surface area contributed by atoms with Crippen molar-refractivity contribution in [2.45, 2.75) is 12.8 Å². The first-order valence-corrected chi connectivity index (χ1v) is 6.20. The SMILES string of the molecule is Nc1cccc(CCC(=O)NN2CCOCC2)c1. The Kier molecular flexibility index (Phi) is 4.55. The summed E-state index contributed by atoms with van der Waals surface area (Å²) >= 11 is 0. The van der Waals surface area contributed by atoms with E-state index < -0.39 is 0 Å². The molecule has 5 heteroatoms. The van der Waals surface area contributed by atoms with Gasteiger partial charge in [0.25, 0.3) is 0 Å². The molecule has 2 rings (SSSR count).